The maximum absolute atomic E-state index is 13.6. The van der Waals surface area contributed by atoms with Gasteiger partial charge in [0, 0.05) is 22.3 Å². The van der Waals surface area contributed by atoms with Gasteiger partial charge in [0.25, 0.3) is 0 Å². The van der Waals surface area contributed by atoms with Crippen LogP contribution in [0.4, 0.5) is 33.3 Å². The van der Waals surface area contributed by atoms with E-state index >= 15 is 0 Å². The lowest BCUT2D eigenvalue weighted by molar-refractivity contribution is 0.380. The van der Waals surface area contributed by atoms with E-state index in [2.05, 4.69) is 15.2 Å². The van der Waals surface area contributed by atoms with E-state index in [0.717, 1.165) is 0 Å². The molecule has 0 saturated carbocycles. The zero-order valence-electron chi connectivity index (χ0n) is 11.8. The summed E-state index contributed by atoms with van der Waals surface area (Å²) >= 11 is 0.398. The van der Waals surface area contributed by atoms with Gasteiger partial charge in [-0.25, -0.2) is 22.0 Å². The summed E-state index contributed by atoms with van der Waals surface area (Å²) in [5.41, 5.74) is -1.44. The van der Waals surface area contributed by atoms with Crippen LogP contribution in [-0.2, 0) is 0 Å². The summed E-state index contributed by atoms with van der Waals surface area (Å²) in [5, 5.41) is 16.5. The zero-order valence-corrected chi connectivity index (χ0v) is 12.6. The highest BCUT2D eigenvalue weighted by Crippen LogP contribution is 2.39. The summed E-state index contributed by atoms with van der Waals surface area (Å²) in [6.07, 6.45) is 0. The van der Waals surface area contributed by atoms with Gasteiger partial charge in [0.1, 0.15) is 0 Å². The number of H-pyrrole nitrogens is 1. The van der Waals surface area contributed by atoms with E-state index in [4.69, 9.17) is 4.55 Å². The summed E-state index contributed by atoms with van der Waals surface area (Å²) < 4.78 is 75.5. The molecular weight excluding hydrogens is 369 g/mol. The second kappa shape index (κ2) is 6.33. The molecule has 25 heavy (non-hydrogen) atoms. The summed E-state index contributed by atoms with van der Waals surface area (Å²) in [6.45, 7) is 0. The van der Waals surface area contributed by atoms with Crippen LogP contribution in [0.5, 0.6) is 5.88 Å². The Morgan fingerprint density at radius 1 is 0.840 bits per heavy atom. The maximum atomic E-state index is 13.6. The van der Waals surface area contributed by atoms with Gasteiger partial charge in [0.2, 0.25) is 11.7 Å². The number of azo groups is 1. The molecule has 0 bridgehead atoms. The predicted octanol–water partition coefficient (Wildman–Crippen LogP) is 5.55. The molecule has 0 spiro atoms. The standard InChI is InChI=1S/C14H6F5N3O2S/c15-7-8(16)10(18)13(11(19)9(7)17)22-21-12-5-3-4(25-24)1-2-6(5)20-14(12)23/h1-3,20,23-24H. The smallest absolute Gasteiger partial charge is 0.218 e. The molecule has 1 heterocycles. The Balaban J connectivity index is 2.15. The lowest BCUT2D eigenvalue weighted by Gasteiger charge is -2.02. The fourth-order valence-electron chi connectivity index (χ4n) is 2.08. The average molecular weight is 375 g/mol. The summed E-state index contributed by atoms with van der Waals surface area (Å²) in [5.74, 6) is -11.5. The first-order valence-electron chi connectivity index (χ1n) is 6.44. The topological polar surface area (TPSA) is 81.0 Å². The van der Waals surface area contributed by atoms with Crippen LogP contribution in [0.2, 0.25) is 0 Å². The van der Waals surface area contributed by atoms with Crippen LogP contribution in [-0.4, -0.2) is 14.6 Å². The van der Waals surface area contributed by atoms with Crippen LogP contribution in [0, 0.1) is 29.1 Å². The monoisotopic (exact) mass is 375 g/mol. The highest BCUT2D eigenvalue weighted by Gasteiger charge is 2.26. The Kier molecular flexibility index (Phi) is 4.35. The number of aromatic amines is 1. The van der Waals surface area contributed by atoms with Crippen LogP contribution in [0.15, 0.2) is 33.3 Å². The SMILES string of the molecule is OSc1ccc2[nH]c(O)c(N=Nc3c(F)c(F)c(F)c(F)c3F)c2c1. The van der Waals surface area contributed by atoms with E-state index in [1.165, 1.54) is 18.2 Å². The summed E-state index contributed by atoms with van der Waals surface area (Å²) in [6, 6.07) is 4.36. The number of hydrogen-bond donors (Lipinski definition) is 3. The summed E-state index contributed by atoms with van der Waals surface area (Å²) in [4.78, 5) is 2.85. The lowest BCUT2D eigenvalue weighted by Crippen LogP contribution is -2.00. The van der Waals surface area contributed by atoms with Crippen molar-refractivity contribution in [2.45, 2.75) is 4.90 Å². The van der Waals surface area contributed by atoms with Crippen LogP contribution in [0.25, 0.3) is 10.9 Å². The fraction of sp³-hybridized carbons (Fsp3) is 0. The lowest BCUT2D eigenvalue weighted by atomic mass is 10.2. The minimum atomic E-state index is -2.31. The molecule has 1 aromatic heterocycles. The van der Waals surface area contributed by atoms with Crippen LogP contribution < -0.4 is 0 Å². The van der Waals surface area contributed by atoms with Gasteiger partial charge in [-0.1, -0.05) is 0 Å². The molecule has 5 nitrogen and oxygen atoms in total. The molecule has 3 N–H and O–H groups in total. The first-order chi connectivity index (χ1) is 11.8. The summed E-state index contributed by atoms with van der Waals surface area (Å²) in [7, 11) is 0. The number of aromatic nitrogens is 1. The van der Waals surface area contributed by atoms with Gasteiger partial charge in [0.15, 0.2) is 34.6 Å². The zero-order chi connectivity index (χ0) is 18.3. The van der Waals surface area contributed by atoms with Gasteiger partial charge in [0.05, 0.1) is 5.52 Å². The highest BCUT2D eigenvalue weighted by molar-refractivity contribution is 7.93. The third-order valence-corrected chi connectivity index (χ3v) is 3.73. The Hall–Kier alpha value is -2.66. The maximum Gasteiger partial charge on any atom is 0.218 e. The van der Waals surface area contributed by atoms with Crippen molar-refractivity contribution in [2.75, 3.05) is 0 Å². The van der Waals surface area contributed by atoms with Crippen molar-refractivity contribution in [3.63, 3.8) is 0 Å². The average Bonchev–Trinajstić information content (AvgIpc) is 2.92. The number of fused-ring (bicyclic) bond motifs is 1. The van der Waals surface area contributed by atoms with Gasteiger partial charge in [-0.05, 0) is 18.2 Å². The molecule has 0 atom stereocenters. The Bertz CT molecular complexity index is 993. The normalized spacial score (nSPS) is 11.8. The van der Waals surface area contributed by atoms with Crippen molar-refractivity contribution >= 4 is 34.3 Å². The van der Waals surface area contributed by atoms with Crippen LogP contribution in [0.3, 0.4) is 0 Å². The second-order valence-electron chi connectivity index (χ2n) is 4.74. The molecule has 130 valence electrons. The Morgan fingerprint density at radius 3 is 2.00 bits per heavy atom. The predicted molar refractivity (Wildman–Crippen MR) is 78.9 cm³/mol. The Labute approximate surface area is 140 Å². The molecule has 0 aliphatic rings. The number of benzene rings is 2. The van der Waals surface area contributed by atoms with Crippen molar-refractivity contribution in [1.82, 2.24) is 4.98 Å². The third-order valence-electron chi connectivity index (χ3n) is 3.27. The molecule has 0 amide bonds. The first kappa shape index (κ1) is 17.2. The van der Waals surface area contributed by atoms with Crippen molar-refractivity contribution in [3.05, 3.63) is 47.3 Å². The highest BCUT2D eigenvalue weighted by atomic mass is 32.2. The van der Waals surface area contributed by atoms with Gasteiger partial charge in [-0.15, -0.1) is 10.2 Å². The van der Waals surface area contributed by atoms with Crippen molar-refractivity contribution < 1.29 is 31.6 Å². The number of nitrogens with one attached hydrogen (secondary N) is 1. The largest absolute Gasteiger partial charge is 0.493 e. The molecule has 0 unspecified atom stereocenters. The molecule has 3 aromatic rings. The third kappa shape index (κ3) is 2.81. The number of nitrogens with zero attached hydrogens (tertiary/aromatic N) is 2. The van der Waals surface area contributed by atoms with Crippen LogP contribution in [0.1, 0.15) is 0 Å². The minimum absolute atomic E-state index is 0.212. The molecule has 0 fully saturated rings. The van der Waals surface area contributed by atoms with E-state index < -0.39 is 40.7 Å². The van der Waals surface area contributed by atoms with E-state index in [9.17, 15) is 27.1 Å². The van der Waals surface area contributed by atoms with Crippen LogP contribution >= 0.6 is 12.0 Å². The van der Waals surface area contributed by atoms with Gasteiger partial charge in [-0.2, -0.15) is 0 Å². The van der Waals surface area contributed by atoms with E-state index in [0.29, 0.717) is 22.5 Å². The number of rotatable bonds is 3. The molecule has 0 aliphatic heterocycles. The number of aromatic hydroxyl groups is 1. The van der Waals surface area contributed by atoms with E-state index in [-0.39, 0.29) is 11.1 Å². The quantitative estimate of drug-likeness (QED) is 0.185. The molecule has 11 heteroatoms. The molecule has 0 radical (unpaired) electrons. The molecule has 0 saturated heterocycles. The van der Waals surface area contributed by atoms with Crippen molar-refractivity contribution in [1.29, 1.82) is 0 Å². The van der Waals surface area contributed by atoms with Crippen molar-refractivity contribution in [3.8, 4) is 5.88 Å². The molecule has 0 aliphatic carbocycles. The van der Waals surface area contributed by atoms with Gasteiger partial charge < -0.3 is 14.6 Å². The fourth-order valence-corrected chi connectivity index (χ4v) is 2.38. The molecule has 2 aromatic carbocycles. The Morgan fingerprint density at radius 2 is 1.40 bits per heavy atom. The second-order valence-corrected chi connectivity index (χ2v) is 5.39. The van der Waals surface area contributed by atoms with E-state index in [1.807, 2.05) is 0 Å². The first-order valence-corrected chi connectivity index (χ1v) is 7.21. The van der Waals surface area contributed by atoms with Crippen molar-refractivity contribution in [2.24, 2.45) is 10.2 Å². The minimum Gasteiger partial charge on any atom is -0.493 e. The van der Waals surface area contributed by atoms with Gasteiger partial charge >= 0.3 is 0 Å². The molecule has 3 rings (SSSR count). The van der Waals surface area contributed by atoms with E-state index in [1.54, 1.807) is 0 Å². The van der Waals surface area contributed by atoms with Gasteiger partial charge in [-0.3, -0.25) is 0 Å². The number of hydrogen-bond acceptors (Lipinski definition) is 5. The molecular formula is C14H6F5N3O2S. The number of halogens is 5.